The summed E-state index contributed by atoms with van der Waals surface area (Å²) < 4.78 is 17.0. The lowest BCUT2D eigenvalue weighted by atomic mass is 9.82. The van der Waals surface area contributed by atoms with Crippen LogP contribution in [-0.2, 0) is 4.79 Å². The number of pyridine rings is 2. The summed E-state index contributed by atoms with van der Waals surface area (Å²) in [7, 11) is 0. The molecule has 3 aromatic rings. The molecule has 0 radical (unpaired) electrons. The van der Waals surface area contributed by atoms with E-state index in [-0.39, 0.29) is 11.2 Å². The maximum atomic E-state index is 13.8. The zero-order chi connectivity index (χ0) is 22.7. The normalized spacial score (nSPS) is 15.4. The summed E-state index contributed by atoms with van der Waals surface area (Å²) in [4.78, 5) is 22.8. The molecule has 2 aromatic heterocycles. The number of carbonyl (C=O) groups excluding carboxylic acids is 1. The summed E-state index contributed by atoms with van der Waals surface area (Å²) in [6.07, 6.45) is 2.72. The molecule has 1 N–H and O–H groups in total. The topological polar surface area (TPSA) is 58.1 Å². The van der Waals surface area contributed by atoms with Gasteiger partial charge >= 0.3 is 0 Å². The summed E-state index contributed by atoms with van der Waals surface area (Å²) in [6, 6.07) is 14.0. The number of aromatic nitrogens is 2. The van der Waals surface area contributed by atoms with Crippen LogP contribution in [0.3, 0.4) is 0 Å². The lowest BCUT2D eigenvalue weighted by molar-refractivity contribution is -0.116. The van der Waals surface area contributed by atoms with Crippen LogP contribution in [0.1, 0.15) is 25.3 Å². The Hall–Kier alpha value is -2.64. The number of carbonyl (C=O) groups is 1. The van der Waals surface area contributed by atoms with Crippen molar-refractivity contribution in [2.75, 3.05) is 22.7 Å². The first-order chi connectivity index (χ1) is 15.4. The van der Waals surface area contributed by atoms with Crippen molar-refractivity contribution in [1.29, 1.82) is 0 Å². The summed E-state index contributed by atoms with van der Waals surface area (Å²) >= 11 is 7.70. The quantitative estimate of drug-likeness (QED) is 0.343. The van der Waals surface area contributed by atoms with Crippen molar-refractivity contribution in [3.8, 4) is 11.3 Å². The molecule has 1 saturated heterocycles. The highest BCUT2D eigenvalue weighted by Crippen LogP contribution is 2.33. The number of benzene rings is 1. The van der Waals surface area contributed by atoms with Gasteiger partial charge in [0.2, 0.25) is 0 Å². The van der Waals surface area contributed by atoms with Crippen molar-refractivity contribution >= 4 is 41.5 Å². The zero-order valence-corrected chi connectivity index (χ0v) is 19.5. The molecule has 1 fully saturated rings. The molecule has 166 valence electrons. The van der Waals surface area contributed by atoms with Gasteiger partial charge in [0.1, 0.15) is 28.8 Å². The third-order valence-electron chi connectivity index (χ3n) is 5.78. The molecule has 3 heterocycles. The third-order valence-corrected chi connectivity index (χ3v) is 6.84. The molecule has 0 bridgehead atoms. The van der Waals surface area contributed by atoms with E-state index >= 15 is 0 Å². The second-order valence-corrected chi connectivity index (χ2v) is 9.52. The fourth-order valence-corrected chi connectivity index (χ4v) is 4.46. The van der Waals surface area contributed by atoms with E-state index in [4.69, 9.17) is 16.6 Å². The van der Waals surface area contributed by atoms with Gasteiger partial charge in [-0.15, -0.1) is 0 Å². The average Bonchev–Trinajstić information content (AvgIpc) is 2.81. The van der Waals surface area contributed by atoms with Crippen LogP contribution >= 0.6 is 23.5 Å². The number of anilines is 2. The van der Waals surface area contributed by atoms with Crippen LogP contribution in [-0.4, -0.2) is 29.3 Å². The van der Waals surface area contributed by atoms with Crippen LogP contribution in [0.25, 0.3) is 11.3 Å². The molecule has 4 rings (SSSR count). The Morgan fingerprint density at radius 3 is 2.69 bits per heavy atom. The van der Waals surface area contributed by atoms with E-state index in [1.54, 1.807) is 18.2 Å². The monoisotopic (exact) mass is 470 g/mol. The summed E-state index contributed by atoms with van der Waals surface area (Å²) in [5.74, 6) is 1.17. The van der Waals surface area contributed by atoms with E-state index in [2.05, 4.69) is 14.6 Å². The second-order valence-electron chi connectivity index (χ2n) is 8.28. The second kappa shape index (κ2) is 9.46. The number of rotatable bonds is 6. The molecule has 0 aliphatic carbocycles. The van der Waals surface area contributed by atoms with Gasteiger partial charge in [-0.3, -0.25) is 0 Å². The van der Waals surface area contributed by atoms with E-state index in [0.717, 1.165) is 48.6 Å². The largest absolute Gasteiger partial charge is 0.357 e. The lowest BCUT2D eigenvalue weighted by Gasteiger charge is -2.36. The first-order valence-electron chi connectivity index (χ1n) is 10.4. The fourth-order valence-electron chi connectivity index (χ4n) is 3.64. The van der Waals surface area contributed by atoms with Crippen LogP contribution in [0, 0.1) is 18.2 Å². The minimum Gasteiger partial charge on any atom is -0.357 e. The van der Waals surface area contributed by atoms with E-state index < -0.39 is 0 Å². The molecule has 8 heteroatoms. The maximum absolute atomic E-state index is 13.8. The molecule has 0 atom stereocenters. The average molecular weight is 471 g/mol. The summed E-state index contributed by atoms with van der Waals surface area (Å²) in [5.41, 5.74) is 1.86. The van der Waals surface area contributed by atoms with Gasteiger partial charge in [0.25, 0.3) is 0 Å². The molecule has 1 aromatic carbocycles. The van der Waals surface area contributed by atoms with Gasteiger partial charge < -0.3 is 14.4 Å². The van der Waals surface area contributed by atoms with Gasteiger partial charge in [0, 0.05) is 36.0 Å². The SMILES string of the molecule is Cc1ccc(F)cc1-c1nc(NSc2cccc(N3CCC(C)(C=O)CC3)n2)ccc1Cl. The molecule has 1 aliphatic heterocycles. The first kappa shape index (κ1) is 22.6. The number of hydrogen-bond acceptors (Lipinski definition) is 6. The van der Waals surface area contributed by atoms with Crippen LogP contribution < -0.4 is 9.62 Å². The van der Waals surface area contributed by atoms with Crippen molar-refractivity contribution in [3.05, 3.63) is 64.9 Å². The van der Waals surface area contributed by atoms with E-state index in [0.29, 0.717) is 22.1 Å². The lowest BCUT2D eigenvalue weighted by Crippen LogP contribution is -2.39. The van der Waals surface area contributed by atoms with Gasteiger partial charge in [0.15, 0.2) is 0 Å². The zero-order valence-electron chi connectivity index (χ0n) is 17.9. The number of aryl methyl sites for hydroxylation is 1. The number of nitrogens with zero attached hydrogens (tertiary/aromatic N) is 3. The van der Waals surface area contributed by atoms with E-state index in [1.807, 2.05) is 32.0 Å². The fraction of sp³-hybridized carbons (Fsp3) is 0.292. The minimum atomic E-state index is -0.330. The Kier molecular flexibility index (Phi) is 6.67. The maximum Gasteiger partial charge on any atom is 0.136 e. The third kappa shape index (κ3) is 5.05. The molecule has 0 amide bonds. The van der Waals surface area contributed by atoms with Gasteiger partial charge in [-0.05, 0) is 61.7 Å². The highest BCUT2D eigenvalue weighted by molar-refractivity contribution is 8.00. The number of halogens is 2. The van der Waals surface area contributed by atoms with Gasteiger partial charge in [-0.1, -0.05) is 30.7 Å². The Bertz CT molecular complexity index is 1130. The van der Waals surface area contributed by atoms with Crippen molar-refractivity contribution in [3.63, 3.8) is 0 Å². The van der Waals surface area contributed by atoms with Crippen LogP contribution in [0.2, 0.25) is 5.02 Å². The minimum absolute atomic E-state index is 0.234. The summed E-state index contributed by atoms with van der Waals surface area (Å²) in [5, 5.41) is 1.26. The predicted molar refractivity (Wildman–Crippen MR) is 129 cm³/mol. The van der Waals surface area contributed by atoms with Gasteiger partial charge in [-0.25, -0.2) is 14.4 Å². The Morgan fingerprint density at radius 1 is 1.16 bits per heavy atom. The van der Waals surface area contributed by atoms with Crippen LogP contribution in [0.4, 0.5) is 16.0 Å². The standard InChI is InChI=1S/C24H24ClFN4OS/c1-16-6-7-17(26)14-18(16)23-19(25)8-9-20(27-23)29-32-22-5-3-4-21(28-22)30-12-10-24(2,15-31)11-13-30/h3-9,14-15H,10-13H2,1-2H3,(H,27,29). The van der Waals surface area contributed by atoms with Crippen LogP contribution in [0.5, 0.6) is 0 Å². The molecule has 0 saturated carbocycles. The molecule has 5 nitrogen and oxygen atoms in total. The molecule has 1 aliphatic rings. The number of hydrogen-bond donors (Lipinski definition) is 1. The predicted octanol–water partition coefficient (Wildman–Crippen LogP) is 6.17. The number of aldehydes is 1. The molecule has 0 unspecified atom stereocenters. The van der Waals surface area contributed by atoms with Crippen LogP contribution in [0.15, 0.2) is 53.6 Å². The highest BCUT2D eigenvalue weighted by atomic mass is 35.5. The van der Waals surface area contributed by atoms with E-state index in [9.17, 15) is 9.18 Å². The molecule has 0 spiro atoms. The molecular weight excluding hydrogens is 447 g/mol. The number of nitrogens with one attached hydrogen (secondary N) is 1. The highest BCUT2D eigenvalue weighted by Gasteiger charge is 2.30. The Labute approximate surface area is 196 Å². The van der Waals surface area contributed by atoms with Gasteiger partial charge in [0.05, 0.1) is 10.7 Å². The van der Waals surface area contributed by atoms with Crippen molar-refractivity contribution in [2.45, 2.75) is 31.7 Å². The van der Waals surface area contributed by atoms with Crippen molar-refractivity contribution in [2.24, 2.45) is 5.41 Å². The smallest absolute Gasteiger partial charge is 0.136 e. The first-order valence-corrected chi connectivity index (χ1v) is 11.6. The Morgan fingerprint density at radius 2 is 1.94 bits per heavy atom. The molecule has 32 heavy (non-hydrogen) atoms. The molecular formula is C24H24ClFN4OS. The van der Waals surface area contributed by atoms with E-state index in [1.165, 1.54) is 24.1 Å². The Balaban J connectivity index is 1.47. The van der Waals surface area contributed by atoms with Gasteiger partial charge in [-0.2, -0.15) is 0 Å². The van der Waals surface area contributed by atoms with Crippen molar-refractivity contribution in [1.82, 2.24) is 9.97 Å². The summed E-state index contributed by atoms with van der Waals surface area (Å²) in [6.45, 7) is 5.52. The number of piperidine rings is 1. The van der Waals surface area contributed by atoms with Crippen molar-refractivity contribution < 1.29 is 9.18 Å².